The molecule has 0 atom stereocenters. The number of amides is 2. The van der Waals surface area contributed by atoms with Gasteiger partial charge in [-0.05, 0) is 54.1 Å². The predicted octanol–water partition coefficient (Wildman–Crippen LogP) is 5.80. The fourth-order valence-electron chi connectivity index (χ4n) is 3.13. The zero-order chi connectivity index (χ0) is 21.9. The highest BCUT2D eigenvalue weighted by Gasteiger charge is 2.13. The molecule has 2 N–H and O–H groups in total. The molecule has 0 fully saturated rings. The van der Waals surface area contributed by atoms with Crippen molar-refractivity contribution < 1.29 is 14.0 Å². The number of carbonyl (C=O) groups excluding carboxylic acids is 2. The lowest BCUT2D eigenvalue weighted by Gasteiger charge is -2.06. The van der Waals surface area contributed by atoms with Crippen LogP contribution in [0, 0.1) is 0 Å². The standard InChI is InChI=1S/C24H17N3O3S2/c28-22(18-5-3-13-30-18)26-16-9-7-15(8-10-16)14-25-23(29)20-11-12-21(31-20)24-27-17-4-1-2-6-19(17)32-24/h1-13H,14H2,(H,25,29)(H,26,28). The maximum absolute atomic E-state index is 12.6. The number of para-hydroxylation sites is 1. The zero-order valence-electron chi connectivity index (χ0n) is 16.7. The summed E-state index contributed by atoms with van der Waals surface area (Å²) >= 11 is 3.05. The van der Waals surface area contributed by atoms with Crippen LogP contribution in [0.5, 0.6) is 0 Å². The summed E-state index contributed by atoms with van der Waals surface area (Å²) < 4.78 is 6.21. The van der Waals surface area contributed by atoms with Crippen LogP contribution in [-0.4, -0.2) is 16.8 Å². The summed E-state index contributed by atoms with van der Waals surface area (Å²) in [6, 6.07) is 22.3. The van der Waals surface area contributed by atoms with Gasteiger partial charge in [0.2, 0.25) is 0 Å². The molecule has 0 aliphatic rings. The molecule has 8 heteroatoms. The van der Waals surface area contributed by atoms with Crippen LogP contribution in [-0.2, 0) is 6.54 Å². The number of thiophene rings is 1. The van der Waals surface area contributed by atoms with E-state index in [1.807, 2.05) is 48.5 Å². The average molecular weight is 460 g/mol. The van der Waals surface area contributed by atoms with Gasteiger partial charge in [-0.3, -0.25) is 9.59 Å². The number of nitrogens with one attached hydrogen (secondary N) is 2. The van der Waals surface area contributed by atoms with E-state index in [9.17, 15) is 9.59 Å². The lowest BCUT2D eigenvalue weighted by atomic mass is 10.2. The normalized spacial score (nSPS) is 10.9. The van der Waals surface area contributed by atoms with Gasteiger partial charge in [0.05, 0.1) is 26.2 Å². The fraction of sp³-hybridized carbons (Fsp3) is 0.0417. The molecular formula is C24H17N3O3S2. The van der Waals surface area contributed by atoms with Crippen LogP contribution in [0.3, 0.4) is 0 Å². The van der Waals surface area contributed by atoms with Gasteiger partial charge in [0, 0.05) is 12.2 Å². The van der Waals surface area contributed by atoms with Crippen molar-refractivity contribution >= 4 is 50.4 Å². The van der Waals surface area contributed by atoms with Crippen LogP contribution in [0.2, 0.25) is 0 Å². The third kappa shape index (κ3) is 4.32. The smallest absolute Gasteiger partial charge is 0.291 e. The Balaban J connectivity index is 1.19. The first-order valence-corrected chi connectivity index (χ1v) is 11.5. The van der Waals surface area contributed by atoms with Crippen molar-refractivity contribution in [2.45, 2.75) is 6.54 Å². The molecule has 0 aliphatic heterocycles. The molecule has 6 nitrogen and oxygen atoms in total. The van der Waals surface area contributed by atoms with Crippen molar-refractivity contribution in [1.82, 2.24) is 10.3 Å². The quantitative estimate of drug-likeness (QED) is 0.336. The molecule has 2 aromatic carbocycles. The Hall–Kier alpha value is -3.75. The molecule has 0 aliphatic carbocycles. The summed E-state index contributed by atoms with van der Waals surface area (Å²) in [6.07, 6.45) is 1.45. The summed E-state index contributed by atoms with van der Waals surface area (Å²) in [4.78, 5) is 30.9. The van der Waals surface area contributed by atoms with Crippen molar-refractivity contribution in [1.29, 1.82) is 0 Å². The molecule has 3 heterocycles. The topological polar surface area (TPSA) is 84.2 Å². The van der Waals surface area contributed by atoms with E-state index < -0.39 is 0 Å². The molecule has 0 saturated heterocycles. The van der Waals surface area contributed by atoms with Crippen molar-refractivity contribution in [3.63, 3.8) is 0 Å². The minimum Gasteiger partial charge on any atom is -0.459 e. The monoisotopic (exact) mass is 459 g/mol. The van der Waals surface area contributed by atoms with E-state index in [1.54, 1.807) is 35.6 Å². The van der Waals surface area contributed by atoms with Crippen molar-refractivity contribution in [2.24, 2.45) is 0 Å². The summed E-state index contributed by atoms with van der Waals surface area (Å²) in [6.45, 7) is 0.389. The fourth-order valence-corrected chi connectivity index (χ4v) is 5.07. The number of benzene rings is 2. The molecule has 0 saturated carbocycles. The Morgan fingerprint density at radius 2 is 1.72 bits per heavy atom. The van der Waals surface area contributed by atoms with Gasteiger partial charge in [0.1, 0.15) is 5.01 Å². The summed E-state index contributed by atoms with van der Waals surface area (Å²) in [5, 5.41) is 6.63. The number of fused-ring (bicyclic) bond motifs is 1. The number of carbonyl (C=O) groups is 2. The summed E-state index contributed by atoms with van der Waals surface area (Å²) in [7, 11) is 0. The third-order valence-corrected chi connectivity index (χ3v) is 7.03. The molecule has 5 aromatic rings. The van der Waals surface area contributed by atoms with Crippen LogP contribution in [0.1, 0.15) is 25.8 Å². The van der Waals surface area contributed by atoms with E-state index in [0.717, 1.165) is 25.7 Å². The lowest BCUT2D eigenvalue weighted by molar-refractivity contribution is 0.0953. The van der Waals surface area contributed by atoms with Crippen LogP contribution >= 0.6 is 22.7 Å². The number of aromatic nitrogens is 1. The number of furan rings is 1. The van der Waals surface area contributed by atoms with Gasteiger partial charge in [0.15, 0.2) is 5.76 Å². The van der Waals surface area contributed by atoms with E-state index in [0.29, 0.717) is 17.1 Å². The Bertz CT molecular complexity index is 1350. The highest BCUT2D eigenvalue weighted by Crippen LogP contribution is 2.34. The van der Waals surface area contributed by atoms with Gasteiger partial charge in [-0.15, -0.1) is 22.7 Å². The van der Waals surface area contributed by atoms with Gasteiger partial charge < -0.3 is 15.1 Å². The van der Waals surface area contributed by atoms with Gasteiger partial charge in [-0.25, -0.2) is 4.98 Å². The molecule has 5 rings (SSSR count). The van der Waals surface area contributed by atoms with Crippen molar-refractivity contribution in [3.8, 4) is 9.88 Å². The largest absolute Gasteiger partial charge is 0.459 e. The summed E-state index contributed by atoms with van der Waals surface area (Å²) in [5.74, 6) is -0.183. The maximum atomic E-state index is 12.6. The summed E-state index contributed by atoms with van der Waals surface area (Å²) in [5.41, 5.74) is 2.55. The highest BCUT2D eigenvalue weighted by molar-refractivity contribution is 7.26. The van der Waals surface area contributed by atoms with Crippen molar-refractivity contribution in [3.05, 3.63) is 95.3 Å². The van der Waals surface area contributed by atoms with Gasteiger partial charge in [-0.2, -0.15) is 0 Å². The molecular weight excluding hydrogens is 442 g/mol. The molecule has 32 heavy (non-hydrogen) atoms. The average Bonchev–Trinajstić information content (AvgIpc) is 3.58. The number of anilines is 1. The van der Waals surface area contributed by atoms with Gasteiger partial charge in [-0.1, -0.05) is 24.3 Å². The molecule has 2 amide bonds. The van der Waals surface area contributed by atoms with E-state index in [4.69, 9.17) is 4.42 Å². The Kier molecular flexibility index (Phi) is 5.53. The van der Waals surface area contributed by atoms with E-state index >= 15 is 0 Å². The SMILES string of the molecule is O=C(Nc1ccc(CNC(=O)c2ccc(-c3nc4ccccc4s3)s2)cc1)c1ccco1. The number of thiazole rings is 1. The lowest BCUT2D eigenvalue weighted by Crippen LogP contribution is -2.21. The molecule has 158 valence electrons. The molecule has 3 aromatic heterocycles. The number of nitrogens with zero attached hydrogens (tertiary/aromatic N) is 1. The zero-order valence-corrected chi connectivity index (χ0v) is 18.3. The predicted molar refractivity (Wildman–Crippen MR) is 127 cm³/mol. The Morgan fingerprint density at radius 3 is 2.50 bits per heavy atom. The van der Waals surface area contributed by atoms with Crippen molar-refractivity contribution in [2.75, 3.05) is 5.32 Å². The van der Waals surface area contributed by atoms with E-state index in [1.165, 1.54) is 17.6 Å². The first kappa shape index (κ1) is 20.2. The second-order valence-corrected chi connectivity index (χ2v) is 9.08. The minimum atomic E-state index is -0.308. The maximum Gasteiger partial charge on any atom is 0.291 e. The molecule has 0 bridgehead atoms. The van der Waals surface area contributed by atoms with Crippen LogP contribution in [0.15, 0.2) is 83.5 Å². The second kappa shape index (κ2) is 8.78. The molecule has 0 spiro atoms. The Labute approximate surface area is 191 Å². The number of hydrogen-bond donors (Lipinski definition) is 2. The highest BCUT2D eigenvalue weighted by atomic mass is 32.1. The molecule has 0 unspecified atom stereocenters. The molecule has 0 radical (unpaired) electrons. The third-order valence-electron chi connectivity index (χ3n) is 4.74. The Morgan fingerprint density at radius 1 is 0.875 bits per heavy atom. The van der Waals surface area contributed by atoms with E-state index in [-0.39, 0.29) is 17.6 Å². The van der Waals surface area contributed by atoms with Crippen LogP contribution < -0.4 is 10.6 Å². The first-order valence-electron chi connectivity index (χ1n) is 9.83. The van der Waals surface area contributed by atoms with E-state index in [2.05, 4.69) is 15.6 Å². The number of hydrogen-bond acceptors (Lipinski definition) is 6. The van der Waals surface area contributed by atoms with Crippen LogP contribution in [0.4, 0.5) is 5.69 Å². The minimum absolute atomic E-state index is 0.127. The first-order chi connectivity index (χ1) is 15.7. The van der Waals surface area contributed by atoms with Crippen LogP contribution in [0.25, 0.3) is 20.1 Å². The van der Waals surface area contributed by atoms with Gasteiger partial charge in [0.25, 0.3) is 11.8 Å². The van der Waals surface area contributed by atoms with Gasteiger partial charge >= 0.3 is 0 Å². The second-order valence-electron chi connectivity index (χ2n) is 6.96. The number of rotatable bonds is 6.